The molecule has 4 nitrogen and oxygen atoms in total. The molecule has 1 aromatic heterocycles. The van der Waals surface area contributed by atoms with E-state index >= 15 is 0 Å². The molecule has 3 rings (SSSR count). The first-order chi connectivity index (χ1) is 9.72. The topological polar surface area (TPSA) is 54.0 Å². The predicted octanol–water partition coefficient (Wildman–Crippen LogP) is 2.22. The predicted molar refractivity (Wildman–Crippen MR) is 82.3 cm³/mol. The summed E-state index contributed by atoms with van der Waals surface area (Å²) in [4.78, 5) is 16.4. The number of benzene rings is 1. The average molecular weight is 310 g/mol. The molecule has 6 heteroatoms. The van der Waals surface area contributed by atoms with Crippen LogP contribution in [-0.2, 0) is 11.2 Å². The van der Waals surface area contributed by atoms with Gasteiger partial charge in [-0.3, -0.25) is 4.79 Å². The highest BCUT2D eigenvalue weighted by Gasteiger charge is 2.21. The molecule has 0 spiro atoms. The van der Waals surface area contributed by atoms with E-state index in [-0.39, 0.29) is 11.8 Å². The van der Waals surface area contributed by atoms with Crippen molar-refractivity contribution in [3.8, 4) is 0 Å². The Labute approximate surface area is 126 Å². The van der Waals surface area contributed by atoms with E-state index in [1.54, 1.807) is 11.3 Å². The van der Waals surface area contributed by atoms with Crippen LogP contribution in [0.4, 0.5) is 0 Å². The maximum atomic E-state index is 11.9. The van der Waals surface area contributed by atoms with E-state index in [4.69, 9.17) is 11.6 Å². The van der Waals surface area contributed by atoms with Gasteiger partial charge in [-0.25, -0.2) is 4.98 Å². The van der Waals surface area contributed by atoms with Crippen molar-refractivity contribution in [1.29, 1.82) is 0 Å². The van der Waals surface area contributed by atoms with E-state index in [1.807, 2.05) is 18.2 Å². The van der Waals surface area contributed by atoms with Crippen LogP contribution in [0.1, 0.15) is 11.4 Å². The molecular formula is C14H16ClN3OS. The maximum absolute atomic E-state index is 11.9. The van der Waals surface area contributed by atoms with Crippen molar-refractivity contribution in [2.45, 2.75) is 12.8 Å². The van der Waals surface area contributed by atoms with Gasteiger partial charge in [0.15, 0.2) is 0 Å². The van der Waals surface area contributed by atoms with Crippen molar-refractivity contribution in [3.63, 3.8) is 0 Å². The summed E-state index contributed by atoms with van der Waals surface area (Å²) in [7, 11) is 0. The maximum Gasteiger partial charge on any atom is 0.224 e. The van der Waals surface area contributed by atoms with Gasteiger partial charge >= 0.3 is 0 Å². The Bertz CT molecular complexity index is 622. The minimum absolute atomic E-state index is 0.129. The Morgan fingerprint density at radius 1 is 1.55 bits per heavy atom. The molecular weight excluding hydrogens is 294 g/mol. The monoisotopic (exact) mass is 309 g/mol. The summed E-state index contributed by atoms with van der Waals surface area (Å²) in [5, 5.41) is 7.93. The molecule has 1 aromatic carbocycles. The number of carbonyl (C=O) groups is 1. The molecule has 1 atom stereocenters. The summed E-state index contributed by atoms with van der Waals surface area (Å²) in [6.07, 6.45) is 1.70. The molecule has 0 bridgehead atoms. The molecule has 0 aliphatic carbocycles. The Kier molecular flexibility index (Phi) is 4.19. The number of fused-ring (bicyclic) bond motifs is 1. The SMILES string of the molecule is O=C(NCCc1nc2cc(Cl)ccc2s1)C1CCNC1. The van der Waals surface area contributed by atoms with E-state index in [9.17, 15) is 4.79 Å². The average Bonchev–Trinajstić information content (AvgIpc) is 3.06. The Balaban J connectivity index is 1.55. The van der Waals surface area contributed by atoms with E-state index in [0.717, 1.165) is 41.2 Å². The molecule has 106 valence electrons. The highest BCUT2D eigenvalue weighted by atomic mass is 35.5. The number of nitrogens with zero attached hydrogens (tertiary/aromatic N) is 1. The molecule has 2 aromatic rings. The molecule has 0 saturated carbocycles. The quantitative estimate of drug-likeness (QED) is 0.910. The highest BCUT2D eigenvalue weighted by Crippen LogP contribution is 2.25. The van der Waals surface area contributed by atoms with Gasteiger partial charge in [0.05, 0.1) is 21.1 Å². The molecule has 1 saturated heterocycles. The van der Waals surface area contributed by atoms with E-state index in [2.05, 4.69) is 15.6 Å². The minimum atomic E-state index is 0.129. The lowest BCUT2D eigenvalue weighted by Gasteiger charge is -2.08. The second-order valence-electron chi connectivity index (χ2n) is 4.95. The number of thiazole rings is 1. The molecule has 20 heavy (non-hydrogen) atoms. The first-order valence-corrected chi connectivity index (χ1v) is 7.95. The van der Waals surface area contributed by atoms with Crippen LogP contribution < -0.4 is 10.6 Å². The van der Waals surface area contributed by atoms with E-state index < -0.39 is 0 Å². The number of halogens is 1. The van der Waals surface area contributed by atoms with Crippen LogP contribution >= 0.6 is 22.9 Å². The third kappa shape index (κ3) is 3.11. The number of amides is 1. The zero-order valence-corrected chi connectivity index (χ0v) is 12.6. The summed E-state index contributed by atoms with van der Waals surface area (Å²) < 4.78 is 1.13. The third-order valence-corrected chi connectivity index (χ3v) is 4.79. The van der Waals surface area contributed by atoms with Gasteiger partial charge in [-0.05, 0) is 31.2 Å². The molecule has 1 unspecified atom stereocenters. The summed E-state index contributed by atoms with van der Waals surface area (Å²) >= 11 is 7.60. The second kappa shape index (κ2) is 6.08. The largest absolute Gasteiger partial charge is 0.355 e. The van der Waals surface area contributed by atoms with Crippen LogP contribution in [-0.4, -0.2) is 30.5 Å². The van der Waals surface area contributed by atoms with Crippen molar-refractivity contribution in [2.75, 3.05) is 19.6 Å². The molecule has 2 heterocycles. The smallest absolute Gasteiger partial charge is 0.224 e. The van der Waals surface area contributed by atoms with Gasteiger partial charge in [-0.1, -0.05) is 11.6 Å². The number of carbonyl (C=O) groups excluding carboxylic acids is 1. The zero-order chi connectivity index (χ0) is 13.9. The molecule has 0 radical (unpaired) electrons. The Morgan fingerprint density at radius 2 is 2.45 bits per heavy atom. The van der Waals surface area contributed by atoms with Crippen molar-refractivity contribution in [1.82, 2.24) is 15.6 Å². The first-order valence-electron chi connectivity index (χ1n) is 6.76. The molecule has 2 N–H and O–H groups in total. The highest BCUT2D eigenvalue weighted by molar-refractivity contribution is 7.18. The molecule has 1 amide bonds. The van der Waals surface area contributed by atoms with Gasteiger partial charge in [0.2, 0.25) is 5.91 Å². The lowest BCUT2D eigenvalue weighted by atomic mass is 10.1. The van der Waals surface area contributed by atoms with Crippen molar-refractivity contribution in [2.24, 2.45) is 5.92 Å². The zero-order valence-electron chi connectivity index (χ0n) is 11.0. The minimum Gasteiger partial charge on any atom is -0.355 e. The first kappa shape index (κ1) is 13.8. The Morgan fingerprint density at radius 3 is 3.25 bits per heavy atom. The van der Waals surface area contributed by atoms with Crippen LogP contribution in [0.2, 0.25) is 5.02 Å². The number of rotatable bonds is 4. The van der Waals surface area contributed by atoms with Crippen LogP contribution in [0.15, 0.2) is 18.2 Å². The van der Waals surface area contributed by atoms with Gasteiger partial charge in [0.25, 0.3) is 0 Å². The van der Waals surface area contributed by atoms with E-state index in [0.29, 0.717) is 11.6 Å². The lowest BCUT2D eigenvalue weighted by Crippen LogP contribution is -2.33. The number of hydrogen-bond acceptors (Lipinski definition) is 4. The number of hydrogen-bond donors (Lipinski definition) is 2. The lowest BCUT2D eigenvalue weighted by molar-refractivity contribution is -0.124. The fourth-order valence-corrected chi connectivity index (χ4v) is 3.48. The molecule has 1 fully saturated rings. The van der Waals surface area contributed by atoms with Crippen LogP contribution in [0.5, 0.6) is 0 Å². The standard InChI is InChI=1S/C14H16ClN3OS/c15-10-1-2-12-11(7-10)18-13(20-12)4-6-17-14(19)9-3-5-16-8-9/h1-2,7,9,16H,3-6,8H2,(H,17,19). The van der Waals surface area contributed by atoms with Crippen molar-refractivity contribution in [3.05, 3.63) is 28.2 Å². The third-order valence-electron chi connectivity index (χ3n) is 3.46. The van der Waals surface area contributed by atoms with Crippen LogP contribution in [0, 0.1) is 5.92 Å². The van der Waals surface area contributed by atoms with E-state index in [1.165, 1.54) is 0 Å². The van der Waals surface area contributed by atoms with Crippen LogP contribution in [0.3, 0.4) is 0 Å². The molecule has 1 aliphatic rings. The number of aromatic nitrogens is 1. The fourth-order valence-electron chi connectivity index (χ4n) is 2.37. The van der Waals surface area contributed by atoms with Gasteiger partial charge < -0.3 is 10.6 Å². The summed E-state index contributed by atoms with van der Waals surface area (Å²) in [5.74, 6) is 0.281. The fraction of sp³-hybridized carbons (Fsp3) is 0.429. The number of nitrogens with one attached hydrogen (secondary N) is 2. The van der Waals surface area contributed by atoms with Gasteiger partial charge in [0, 0.05) is 24.5 Å². The normalized spacial score (nSPS) is 18.6. The van der Waals surface area contributed by atoms with Crippen molar-refractivity contribution >= 4 is 39.1 Å². The van der Waals surface area contributed by atoms with Gasteiger partial charge in [-0.2, -0.15) is 0 Å². The summed E-state index contributed by atoms with van der Waals surface area (Å²) in [6, 6.07) is 5.74. The van der Waals surface area contributed by atoms with Crippen molar-refractivity contribution < 1.29 is 4.79 Å². The summed E-state index contributed by atoms with van der Waals surface area (Å²) in [6.45, 7) is 2.38. The second-order valence-corrected chi connectivity index (χ2v) is 6.50. The molecule has 1 aliphatic heterocycles. The van der Waals surface area contributed by atoms with Gasteiger partial charge in [0.1, 0.15) is 0 Å². The van der Waals surface area contributed by atoms with Gasteiger partial charge in [-0.15, -0.1) is 11.3 Å². The Hall–Kier alpha value is -1.17. The van der Waals surface area contributed by atoms with Crippen LogP contribution in [0.25, 0.3) is 10.2 Å². The summed E-state index contributed by atoms with van der Waals surface area (Å²) in [5.41, 5.74) is 0.934.